The Kier molecular flexibility index (Phi) is 6.13. The van der Waals surface area contributed by atoms with E-state index in [4.69, 9.17) is 0 Å². The average Bonchev–Trinajstić information content (AvgIpc) is 3.04. The first kappa shape index (κ1) is 19.4. The Labute approximate surface area is 161 Å². The number of hydrogen-bond donors (Lipinski definition) is 1. The lowest BCUT2D eigenvalue weighted by atomic mass is 10.1. The Morgan fingerprint density at radius 2 is 1.93 bits per heavy atom. The van der Waals surface area contributed by atoms with Crippen molar-refractivity contribution in [3.8, 4) is 0 Å². The standard InChI is InChI=1S/C20H21F2N3OS/c1-24(2)10-11-25(18(26)9-8-14-6-4-3-5-7-14)20-23-19-16(22)12-15(21)13-17(19)27-20/h3-7,12-13H,8-11H2,1-2H3/p+1. The number of quaternary nitrogens is 1. The lowest BCUT2D eigenvalue weighted by Crippen LogP contribution is -3.06. The average molecular weight is 390 g/mol. The van der Waals surface area contributed by atoms with Crippen molar-refractivity contribution in [2.24, 2.45) is 0 Å². The first-order chi connectivity index (χ1) is 12.9. The van der Waals surface area contributed by atoms with Gasteiger partial charge in [-0.15, -0.1) is 0 Å². The molecule has 0 saturated carbocycles. The fourth-order valence-electron chi connectivity index (χ4n) is 2.75. The van der Waals surface area contributed by atoms with Crippen LogP contribution in [-0.4, -0.2) is 38.1 Å². The zero-order valence-corrected chi connectivity index (χ0v) is 16.2. The number of benzene rings is 2. The predicted octanol–water partition coefficient (Wildman–Crippen LogP) is 2.68. The highest BCUT2D eigenvalue weighted by atomic mass is 32.1. The largest absolute Gasteiger partial charge is 0.338 e. The van der Waals surface area contributed by atoms with E-state index in [9.17, 15) is 13.6 Å². The molecule has 1 amide bonds. The third kappa shape index (κ3) is 4.87. The third-order valence-corrected chi connectivity index (χ3v) is 5.26. The number of carbonyl (C=O) groups excluding carboxylic acids is 1. The van der Waals surface area contributed by atoms with Gasteiger partial charge in [-0.2, -0.15) is 0 Å². The number of nitrogens with one attached hydrogen (secondary N) is 1. The number of aromatic nitrogens is 1. The molecule has 142 valence electrons. The number of anilines is 1. The van der Waals surface area contributed by atoms with Crippen LogP contribution < -0.4 is 9.80 Å². The van der Waals surface area contributed by atoms with Crippen molar-refractivity contribution in [3.05, 3.63) is 59.7 Å². The molecular weight excluding hydrogens is 368 g/mol. The van der Waals surface area contributed by atoms with Gasteiger partial charge in [0, 0.05) is 12.5 Å². The normalized spacial score (nSPS) is 11.3. The van der Waals surface area contributed by atoms with Crippen molar-refractivity contribution in [3.63, 3.8) is 0 Å². The molecule has 0 radical (unpaired) electrons. The van der Waals surface area contributed by atoms with Gasteiger partial charge in [0.15, 0.2) is 10.9 Å². The summed E-state index contributed by atoms with van der Waals surface area (Å²) < 4.78 is 27.9. The van der Waals surface area contributed by atoms with Gasteiger partial charge in [0.2, 0.25) is 5.91 Å². The molecule has 0 unspecified atom stereocenters. The van der Waals surface area contributed by atoms with Crippen LogP contribution in [0.5, 0.6) is 0 Å². The van der Waals surface area contributed by atoms with Crippen LogP contribution in [0.15, 0.2) is 42.5 Å². The molecule has 1 N–H and O–H groups in total. The Morgan fingerprint density at radius 1 is 1.19 bits per heavy atom. The molecule has 3 aromatic rings. The van der Waals surface area contributed by atoms with Crippen LogP contribution in [0, 0.1) is 11.6 Å². The number of fused-ring (bicyclic) bond motifs is 1. The summed E-state index contributed by atoms with van der Waals surface area (Å²) in [5.41, 5.74) is 1.19. The maximum Gasteiger partial charge on any atom is 0.229 e. The van der Waals surface area contributed by atoms with Crippen LogP contribution in [0.2, 0.25) is 0 Å². The van der Waals surface area contributed by atoms with Gasteiger partial charge in [0.1, 0.15) is 11.3 Å². The maximum absolute atomic E-state index is 14.0. The van der Waals surface area contributed by atoms with E-state index in [0.717, 1.165) is 29.5 Å². The van der Waals surface area contributed by atoms with E-state index < -0.39 is 11.6 Å². The molecule has 1 aromatic heterocycles. The van der Waals surface area contributed by atoms with E-state index >= 15 is 0 Å². The summed E-state index contributed by atoms with van der Waals surface area (Å²) in [4.78, 5) is 19.9. The quantitative estimate of drug-likeness (QED) is 0.674. The molecule has 0 aliphatic heterocycles. The summed E-state index contributed by atoms with van der Waals surface area (Å²) in [6.07, 6.45) is 0.957. The summed E-state index contributed by atoms with van der Waals surface area (Å²) in [6, 6.07) is 11.9. The topological polar surface area (TPSA) is 37.6 Å². The Morgan fingerprint density at radius 3 is 2.63 bits per heavy atom. The molecule has 0 bridgehead atoms. The molecule has 7 heteroatoms. The number of amides is 1. The van der Waals surface area contributed by atoms with Crippen molar-refractivity contribution in [1.29, 1.82) is 0 Å². The van der Waals surface area contributed by atoms with Crippen LogP contribution in [0.4, 0.5) is 13.9 Å². The molecule has 3 rings (SSSR count). The number of hydrogen-bond acceptors (Lipinski definition) is 3. The SMILES string of the molecule is C[NH+](C)CCN(C(=O)CCc1ccccc1)c1nc2c(F)cc(F)cc2s1. The van der Waals surface area contributed by atoms with Crippen LogP contribution >= 0.6 is 11.3 Å². The molecule has 0 aliphatic carbocycles. The second-order valence-electron chi connectivity index (χ2n) is 6.72. The fourth-order valence-corrected chi connectivity index (χ4v) is 3.80. The molecule has 0 aliphatic rings. The lowest BCUT2D eigenvalue weighted by molar-refractivity contribution is -0.856. The van der Waals surface area contributed by atoms with Gasteiger partial charge in [0.05, 0.1) is 31.9 Å². The smallest absolute Gasteiger partial charge is 0.229 e. The first-order valence-electron chi connectivity index (χ1n) is 8.83. The maximum atomic E-state index is 14.0. The van der Waals surface area contributed by atoms with Gasteiger partial charge in [0.25, 0.3) is 0 Å². The fraction of sp³-hybridized carbons (Fsp3) is 0.300. The number of carbonyl (C=O) groups is 1. The number of aryl methyl sites for hydroxylation is 1. The number of likely N-dealkylation sites (N-methyl/N-ethyl adjacent to an activating group) is 1. The summed E-state index contributed by atoms with van der Waals surface area (Å²) in [5, 5.41) is 0.411. The van der Waals surface area contributed by atoms with E-state index in [1.165, 1.54) is 11.0 Å². The second-order valence-corrected chi connectivity index (χ2v) is 7.73. The monoisotopic (exact) mass is 390 g/mol. The highest BCUT2D eigenvalue weighted by molar-refractivity contribution is 7.22. The van der Waals surface area contributed by atoms with Gasteiger partial charge in [-0.1, -0.05) is 41.7 Å². The molecule has 0 atom stereocenters. The van der Waals surface area contributed by atoms with E-state index in [1.54, 1.807) is 4.90 Å². The second kappa shape index (κ2) is 8.54. The molecule has 1 heterocycles. The number of rotatable bonds is 7. The highest BCUT2D eigenvalue weighted by Crippen LogP contribution is 2.31. The minimum absolute atomic E-state index is 0.0694. The zero-order valence-electron chi connectivity index (χ0n) is 15.3. The molecule has 0 spiro atoms. The van der Waals surface area contributed by atoms with Gasteiger partial charge in [-0.3, -0.25) is 9.69 Å². The molecule has 0 fully saturated rings. The predicted molar refractivity (Wildman–Crippen MR) is 104 cm³/mol. The van der Waals surface area contributed by atoms with Gasteiger partial charge < -0.3 is 4.90 Å². The number of nitrogens with zero attached hydrogens (tertiary/aromatic N) is 2. The molecule has 2 aromatic carbocycles. The summed E-state index contributed by atoms with van der Waals surface area (Å²) in [5.74, 6) is -1.42. The first-order valence-corrected chi connectivity index (χ1v) is 9.64. The van der Waals surface area contributed by atoms with Gasteiger partial charge in [-0.25, -0.2) is 13.8 Å². The molecular formula is C20H22F2N3OS+. The van der Waals surface area contributed by atoms with E-state index in [-0.39, 0.29) is 11.4 Å². The van der Waals surface area contributed by atoms with Crippen molar-refractivity contribution in [1.82, 2.24) is 4.98 Å². The van der Waals surface area contributed by atoms with Gasteiger partial charge >= 0.3 is 0 Å². The van der Waals surface area contributed by atoms with E-state index in [0.29, 0.717) is 29.2 Å². The van der Waals surface area contributed by atoms with E-state index in [2.05, 4.69) is 4.98 Å². The van der Waals surface area contributed by atoms with Crippen molar-refractivity contribution in [2.75, 3.05) is 32.1 Å². The lowest BCUT2D eigenvalue weighted by Gasteiger charge is -2.20. The van der Waals surface area contributed by atoms with Crippen molar-refractivity contribution in [2.45, 2.75) is 12.8 Å². The molecule has 27 heavy (non-hydrogen) atoms. The van der Waals surface area contributed by atoms with Crippen molar-refractivity contribution >= 4 is 32.6 Å². The summed E-state index contributed by atoms with van der Waals surface area (Å²) >= 11 is 1.14. The summed E-state index contributed by atoms with van der Waals surface area (Å²) in [7, 11) is 4.00. The number of thiazole rings is 1. The number of halogens is 2. The van der Waals surface area contributed by atoms with E-state index in [1.807, 2.05) is 44.4 Å². The minimum atomic E-state index is -0.706. The van der Waals surface area contributed by atoms with Crippen molar-refractivity contribution < 1.29 is 18.5 Å². The van der Waals surface area contributed by atoms with Gasteiger partial charge in [-0.05, 0) is 18.1 Å². The summed E-state index contributed by atoms with van der Waals surface area (Å²) in [6.45, 7) is 1.20. The Balaban J connectivity index is 1.84. The van der Waals surface area contributed by atoms with Crippen LogP contribution in [0.3, 0.4) is 0 Å². The molecule has 0 saturated heterocycles. The third-order valence-electron chi connectivity index (χ3n) is 4.24. The Hall–Kier alpha value is -2.38. The van der Waals surface area contributed by atoms with Crippen LogP contribution in [0.1, 0.15) is 12.0 Å². The Bertz CT molecular complexity index is 928. The van der Waals surface area contributed by atoms with Crippen LogP contribution in [0.25, 0.3) is 10.2 Å². The minimum Gasteiger partial charge on any atom is -0.338 e. The molecule has 4 nitrogen and oxygen atoms in total. The van der Waals surface area contributed by atoms with Crippen LogP contribution in [-0.2, 0) is 11.2 Å². The highest BCUT2D eigenvalue weighted by Gasteiger charge is 2.22. The zero-order chi connectivity index (χ0) is 19.4.